The number of hydrogen-bond donors (Lipinski definition) is 2. The molecule has 16 heavy (non-hydrogen) atoms. The predicted octanol–water partition coefficient (Wildman–Crippen LogP) is 1.70. The van der Waals surface area contributed by atoms with E-state index in [0.29, 0.717) is 12.3 Å². The molecule has 0 amide bonds. The van der Waals surface area contributed by atoms with Crippen LogP contribution in [0.15, 0.2) is 18.2 Å². The third-order valence-electron chi connectivity index (χ3n) is 2.05. The lowest BCUT2D eigenvalue weighted by atomic mass is 10.2. The van der Waals surface area contributed by atoms with Crippen LogP contribution < -0.4 is 10.1 Å². The molecule has 0 bridgehead atoms. The van der Waals surface area contributed by atoms with Gasteiger partial charge in [-0.2, -0.15) is 0 Å². The van der Waals surface area contributed by atoms with E-state index in [4.69, 9.17) is 9.84 Å². The Balaban J connectivity index is 2.58. The molecule has 0 saturated carbocycles. The van der Waals surface area contributed by atoms with Gasteiger partial charge in [-0.1, -0.05) is 6.92 Å². The number of hydrogen-bond acceptors (Lipinski definition) is 3. The minimum Gasteiger partial charge on any atom is -0.491 e. The zero-order valence-electron chi connectivity index (χ0n) is 9.50. The van der Waals surface area contributed by atoms with Crippen LogP contribution in [-0.2, 0) is 6.54 Å². The Morgan fingerprint density at radius 3 is 2.88 bits per heavy atom. The summed E-state index contributed by atoms with van der Waals surface area (Å²) in [7, 11) is 0. The number of rotatable bonds is 7. The summed E-state index contributed by atoms with van der Waals surface area (Å²) in [6.45, 7) is 3.73. The van der Waals surface area contributed by atoms with Crippen molar-refractivity contribution in [2.75, 3.05) is 19.8 Å². The second-order valence-corrected chi connectivity index (χ2v) is 3.54. The molecule has 1 aromatic rings. The zero-order chi connectivity index (χ0) is 11.8. The van der Waals surface area contributed by atoms with Gasteiger partial charge in [0.2, 0.25) is 0 Å². The van der Waals surface area contributed by atoms with Crippen LogP contribution in [0.2, 0.25) is 0 Å². The van der Waals surface area contributed by atoms with Crippen molar-refractivity contribution in [3.05, 3.63) is 29.6 Å². The van der Waals surface area contributed by atoms with Crippen molar-refractivity contribution in [2.45, 2.75) is 19.9 Å². The maximum absolute atomic E-state index is 13.2. The molecule has 0 aliphatic heterocycles. The monoisotopic (exact) mass is 227 g/mol. The number of halogens is 1. The molecule has 1 aromatic carbocycles. The minimum absolute atomic E-state index is 0.0695. The number of benzene rings is 1. The molecule has 0 spiro atoms. The van der Waals surface area contributed by atoms with Crippen LogP contribution in [0, 0.1) is 5.82 Å². The first-order valence-electron chi connectivity index (χ1n) is 5.50. The summed E-state index contributed by atoms with van der Waals surface area (Å²) in [5.41, 5.74) is 0.849. The van der Waals surface area contributed by atoms with E-state index in [1.807, 2.05) is 0 Å². The molecule has 90 valence electrons. The smallest absolute Gasteiger partial charge is 0.127 e. The van der Waals surface area contributed by atoms with Gasteiger partial charge in [-0.05, 0) is 30.7 Å². The summed E-state index contributed by atoms with van der Waals surface area (Å²) >= 11 is 0. The molecule has 0 atom stereocenters. The number of aliphatic hydroxyl groups is 1. The Kier molecular flexibility index (Phi) is 5.82. The summed E-state index contributed by atoms with van der Waals surface area (Å²) in [6, 6.07) is 4.58. The van der Waals surface area contributed by atoms with E-state index in [-0.39, 0.29) is 19.0 Å². The average molecular weight is 227 g/mol. The largest absolute Gasteiger partial charge is 0.491 e. The quantitative estimate of drug-likeness (QED) is 0.697. The first kappa shape index (κ1) is 12.9. The zero-order valence-corrected chi connectivity index (χ0v) is 9.50. The van der Waals surface area contributed by atoms with Crippen molar-refractivity contribution in [1.82, 2.24) is 5.32 Å². The van der Waals surface area contributed by atoms with Crippen LogP contribution in [0.3, 0.4) is 0 Å². The maximum Gasteiger partial charge on any atom is 0.127 e. The Bertz CT molecular complexity index is 318. The van der Waals surface area contributed by atoms with Crippen LogP contribution in [0.25, 0.3) is 0 Å². The minimum atomic E-state index is -0.316. The number of aliphatic hydroxyl groups excluding tert-OH is 1. The van der Waals surface area contributed by atoms with E-state index < -0.39 is 0 Å². The molecule has 4 heteroatoms. The Hall–Kier alpha value is -1.13. The molecular weight excluding hydrogens is 209 g/mol. The van der Waals surface area contributed by atoms with E-state index >= 15 is 0 Å². The van der Waals surface area contributed by atoms with Crippen LogP contribution in [0.1, 0.15) is 18.9 Å². The number of ether oxygens (including phenoxy) is 1. The molecule has 0 saturated heterocycles. The van der Waals surface area contributed by atoms with Gasteiger partial charge in [-0.25, -0.2) is 4.39 Å². The van der Waals surface area contributed by atoms with Gasteiger partial charge in [0, 0.05) is 12.6 Å². The van der Waals surface area contributed by atoms with E-state index in [9.17, 15) is 4.39 Å². The molecule has 2 N–H and O–H groups in total. The van der Waals surface area contributed by atoms with Crippen LogP contribution in [-0.4, -0.2) is 24.9 Å². The molecule has 3 nitrogen and oxygen atoms in total. The molecule has 0 aromatic heterocycles. The van der Waals surface area contributed by atoms with E-state index in [1.165, 1.54) is 12.1 Å². The van der Waals surface area contributed by atoms with Crippen LogP contribution >= 0.6 is 0 Å². The lowest BCUT2D eigenvalue weighted by molar-refractivity contribution is 0.201. The third-order valence-corrected chi connectivity index (χ3v) is 2.05. The van der Waals surface area contributed by atoms with Crippen LogP contribution in [0.4, 0.5) is 4.39 Å². The Morgan fingerprint density at radius 2 is 2.19 bits per heavy atom. The molecule has 0 aliphatic carbocycles. The van der Waals surface area contributed by atoms with Crippen molar-refractivity contribution < 1.29 is 14.2 Å². The van der Waals surface area contributed by atoms with Crippen molar-refractivity contribution >= 4 is 0 Å². The fourth-order valence-corrected chi connectivity index (χ4v) is 1.38. The molecule has 0 unspecified atom stereocenters. The van der Waals surface area contributed by atoms with Gasteiger partial charge in [-0.15, -0.1) is 0 Å². The summed E-state index contributed by atoms with van der Waals surface area (Å²) in [4.78, 5) is 0. The van der Waals surface area contributed by atoms with Gasteiger partial charge in [-0.3, -0.25) is 0 Å². The average Bonchev–Trinajstić information content (AvgIpc) is 2.26. The van der Waals surface area contributed by atoms with Crippen molar-refractivity contribution in [3.8, 4) is 5.75 Å². The SMILES string of the molecule is CCCNCc1cc(F)cc(OCCO)c1. The van der Waals surface area contributed by atoms with E-state index in [0.717, 1.165) is 18.5 Å². The fourth-order valence-electron chi connectivity index (χ4n) is 1.38. The topological polar surface area (TPSA) is 41.5 Å². The molecule has 0 aliphatic rings. The summed E-state index contributed by atoms with van der Waals surface area (Å²) in [6.07, 6.45) is 1.04. The summed E-state index contributed by atoms with van der Waals surface area (Å²) < 4.78 is 18.4. The van der Waals surface area contributed by atoms with Gasteiger partial charge in [0.1, 0.15) is 18.2 Å². The van der Waals surface area contributed by atoms with Gasteiger partial charge >= 0.3 is 0 Å². The predicted molar refractivity (Wildman–Crippen MR) is 61.0 cm³/mol. The van der Waals surface area contributed by atoms with Crippen LogP contribution in [0.5, 0.6) is 5.75 Å². The van der Waals surface area contributed by atoms with E-state index in [1.54, 1.807) is 6.07 Å². The highest BCUT2D eigenvalue weighted by Gasteiger charge is 2.01. The Morgan fingerprint density at radius 1 is 1.38 bits per heavy atom. The highest BCUT2D eigenvalue weighted by atomic mass is 19.1. The molecule has 0 radical (unpaired) electrons. The molecule has 1 rings (SSSR count). The highest BCUT2D eigenvalue weighted by molar-refractivity contribution is 5.29. The highest BCUT2D eigenvalue weighted by Crippen LogP contribution is 2.16. The molecule has 0 heterocycles. The van der Waals surface area contributed by atoms with E-state index in [2.05, 4.69) is 12.2 Å². The van der Waals surface area contributed by atoms with Crippen molar-refractivity contribution in [1.29, 1.82) is 0 Å². The summed E-state index contributed by atoms with van der Waals surface area (Å²) in [5, 5.41) is 11.8. The fraction of sp³-hybridized carbons (Fsp3) is 0.500. The normalized spacial score (nSPS) is 10.4. The lowest BCUT2D eigenvalue weighted by Crippen LogP contribution is -2.14. The van der Waals surface area contributed by atoms with Gasteiger partial charge in [0.15, 0.2) is 0 Å². The maximum atomic E-state index is 13.2. The first-order valence-corrected chi connectivity index (χ1v) is 5.50. The standard InChI is InChI=1S/C12H18FNO2/c1-2-3-14-9-10-6-11(13)8-12(7-10)16-5-4-15/h6-8,14-15H,2-5,9H2,1H3. The second-order valence-electron chi connectivity index (χ2n) is 3.54. The van der Waals surface area contributed by atoms with Crippen molar-refractivity contribution in [3.63, 3.8) is 0 Å². The first-order chi connectivity index (χ1) is 7.76. The summed E-state index contributed by atoms with van der Waals surface area (Å²) in [5.74, 6) is 0.145. The Labute approximate surface area is 95.2 Å². The molecular formula is C12H18FNO2. The van der Waals surface area contributed by atoms with Gasteiger partial charge < -0.3 is 15.2 Å². The second kappa shape index (κ2) is 7.19. The molecule has 0 fully saturated rings. The number of nitrogens with one attached hydrogen (secondary N) is 1. The third kappa shape index (κ3) is 4.59. The van der Waals surface area contributed by atoms with Gasteiger partial charge in [0.05, 0.1) is 6.61 Å². The van der Waals surface area contributed by atoms with Crippen molar-refractivity contribution in [2.24, 2.45) is 0 Å². The lowest BCUT2D eigenvalue weighted by Gasteiger charge is -2.08. The van der Waals surface area contributed by atoms with Gasteiger partial charge in [0.25, 0.3) is 0 Å².